The molecule has 162 valence electrons. The maximum atomic E-state index is 13.4. The number of hydrogen-bond acceptors (Lipinski definition) is 6. The van der Waals surface area contributed by atoms with Gasteiger partial charge in [-0.2, -0.15) is 9.40 Å². The first kappa shape index (κ1) is 21.1. The highest BCUT2D eigenvalue weighted by Crippen LogP contribution is 2.33. The molecule has 1 aliphatic carbocycles. The van der Waals surface area contributed by atoms with Gasteiger partial charge in [-0.05, 0) is 54.0 Å². The van der Waals surface area contributed by atoms with Crippen LogP contribution >= 0.6 is 0 Å². The van der Waals surface area contributed by atoms with Crippen LogP contribution in [-0.2, 0) is 28.3 Å². The minimum absolute atomic E-state index is 0.151. The molecule has 1 saturated heterocycles. The van der Waals surface area contributed by atoms with Gasteiger partial charge in [-0.3, -0.25) is 0 Å². The molecule has 0 saturated carbocycles. The van der Waals surface area contributed by atoms with Crippen LogP contribution in [0.3, 0.4) is 0 Å². The average Bonchev–Trinajstić information content (AvgIpc) is 3.20. The molecule has 1 aliphatic heterocycles. The van der Waals surface area contributed by atoms with E-state index in [1.807, 2.05) is 6.07 Å². The first-order chi connectivity index (χ1) is 14.2. The van der Waals surface area contributed by atoms with Crippen LogP contribution in [0, 0.1) is 0 Å². The SMILES string of the molecule is COc1ccc(C(C)(C)C)cc1S(=O)(=O)N1CCN(c2cc3c(nn2)CCC3)CC1. The van der Waals surface area contributed by atoms with Crippen LogP contribution in [0.1, 0.15) is 44.0 Å². The van der Waals surface area contributed by atoms with Gasteiger partial charge in [-0.25, -0.2) is 8.42 Å². The number of rotatable bonds is 4. The molecule has 0 N–H and O–H groups in total. The molecule has 2 aliphatic rings. The number of aryl methyl sites for hydroxylation is 2. The van der Waals surface area contributed by atoms with Crippen LogP contribution in [0.4, 0.5) is 5.82 Å². The highest BCUT2D eigenvalue weighted by molar-refractivity contribution is 7.89. The molecule has 4 rings (SSSR count). The topological polar surface area (TPSA) is 75.6 Å². The van der Waals surface area contributed by atoms with Crippen molar-refractivity contribution < 1.29 is 13.2 Å². The van der Waals surface area contributed by atoms with Gasteiger partial charge >= 0.3 is 0 Å². The Labute approximate surface area is 179 Å². The summed E-state index contributed by atoms with van der Waals surface area (Å²) in [7, 11) is -2.15. The maximum Gasteiger partial charge on any atom is 0.246 e. The Kier molecular flexibility index (Phi) is 5.48. The van der Waals surface area contributed by atoms with E-state index < -0.39 is 10.0 Å². The monoisotopic (exact) mass is 430 g/mol. The Hall–Kier alpha value is -2.19. The van der Waals surface area contributed by atoms with Crippen LogP contribution in [0.15, 0.2) is 29.2 Å². The van der Waals surface area contributed by atoms with Crippen LogP contribution in [0.25, 0.3) is 0 Å². The number of sulfonamides is 1. The molecule has 2 heterocycles. The highest BCUT2D eigenvalue weighted by Gasteiger charge is 2.32. The highest BCUT2D eigenvalue weighted by atomic mass is 32.2. The largest absolute Gasteiger partial charge is 0.495 e. The first-order valence-corrected chi connectivity index (χ1v) is 11.9. The average molecular weight is 431 g/mol. The minimum atomic E-state index is -3.66. The Bertz CT molecular complexity index is 1040. The number of fused-ring (bicyclic) bond motifs is 1. The summed E-state index contributed by atoms with van der Waals surface area (Å²) in [6.45, 7) is 8.21. The lowest BCUT2D eigenvalue weighted by Gasteiger charge is -2.35. The first-order valence-electron chi connectivity index (χ1n) is 10.5. The van der Waals surface area contributed by atoms with Crippen LogP contribution in [0.2, 0.25) is 0 Å². The fourth-order valence-corrected chi connectivity index (χ4v) is 5.72. The van der Waals surface area contributed by atoms with Crippen molar-refractivity contribution in [2.45, 2.75) is 50.3 Å². The molecule has 2 aromatic rings. The van der Waals surface area contributed by atoms with Crippen molar-refractivity contribution in [1.82, 2.24) is 14.5 Å². The van der Waals surface area contributed by atoms with Gasteiger partial charge < -0.3 is 9.64 Å². The number of nitrogens with zero attached hydrogens (tertiary/aromatic N) is 4. The van der Waals surface area contributed by atoms with Crippen molar-refractivity contribution in [3.8, 4) is 5.75 Å². The second-order valence-electron chi connectivity index (χ2n) is 9.03. The van der Waals surface area contributed by atoms with Crippen molar-refractivity contribution in [2.75, 3.05) is 38.2 Å². The van der Waals surface area contributed by atoms with E-state index >= 15 is 0 Å². The number of ether oxygens (including phenoxy) is 1. The molecule has 8 heteroatoms. The standard InChI is InChI=1S/C22H30N4O3S/c1-22(2,3)17-8-9-19(29-4)20(15-17)30(27,28)26-12-10-25(11-13-26)21-14-16-6-5-7-18(16)23-24-21/h8-9,14-15H,5-7,10-13H2,1-4H3. The molecule has 0 unspecified atom stereocenters. The maximum absolute atomic E-state index is 13.4. The van der Waals surface area contributed by atoms with Gasteiger partial charge in [0.25, 0.3) is 0 Å². The third-order valence-electron chi connectivity index (χ3n) is 6.02. The van der Waals surface area contributed by atoms with Crippen LogP contribution in [-0.4, -0.2) is 56.2 Å². The van der Waals surface area contributed by atoms with Gasteiger partial charge in [0.15, 0.2) is 5.82 Å². The third kappa shape index (κ3) is 3.90. The molecule has 0 atom stereocenters. The minimum Gasteiger partial charge on any atom is -0.495 e. The van der Waals surface area contributed by atoms with Crippen molar-refractivity contribution in [2.24, 2.45) is 0 Å². The lowest BCUT2D eigenvalue weighted by molar-refractivity contribution is 0.373. The van der Waals surface area contributed by atoms with E-state index in [1.165, 1.54) is 12.7 Å². The number of methoxy groups -OCH3 is 1. The second-order valence-corrected chi connectivity index (χ2v) is 10.9. The van der Waals surface area contributed by atoms with Crippen LogP contribution < -0.4 is 9.64 Å². The predicted molar refractivity (Wildman–Crippen MR) is 117 cm³/mol. The molecular formula is C22H30N4O3S. The summed E-state index contributed by atoms with van der Waals surface area (Å²) >= 11 is 0. The number of anilines is 1. The summed E-state index contributed by atoms with van der Waals surface area (Å²) < 4.78 is 33.8. The van der Waals surface area contributed by atoms with E-state index in [0.29, 0.717) is 31.9 Å². The van der Waals surface area contributed by atoms with Crippen molar-refractivity contribution in [3.05, 3.63) is 41.1 Å². The van der Waals surface area contributed by atoms with E-state index in [4.69, 9.17) is 4.74 Å². The van der Waals surface area contributed by atoms with E-state index in [9.17, 15) is 8.42 Å². The van der Waals surface area contributed by atoms with Gasteiger partial charge in [0.2, 0.25) is 10.0 Å². The third-order valence-corrected chi connectivity index (χ3v) is 7.94. The Morgan fingerprint density at radius 1 is 1.00 bits per heavy atom. The molecule has 0 amide bonds. The molecule has 1 fully saturated rings. The van der Waals surface area contributed by atoms with E-state index in [-0.39, 0.29) is 10.3 Å². The number of aromatic nitrogens is 2. The summed E-state index contributed by atoms with van der Waals surface area (Å²) in [5.74, 6) is 1.23. The van der Waals surface area contributed by atoms with Crippen molar-refractivity contribution in [1.29, 1.82) is 0 Å². The van der Waals surface area contributed by atoms with E-state index in [0.717, 1.165) is 36.3 Å². The van der Waals surface area contributed by atoms with Crippen molar-refractivity contribution in [3.63, 3.8) is 0 Å². The quantitative estimate of drug-likeness (QED) is 0.743. The Balaban J connectivity index is 1.54. The smallest absolute Gasteiger partial charge is 0.246 e. The zero-order valence-electron chi connectivity index (χ0n) is 18.2. The molecule has 1 aromatic heterocycles. The van der Waals surface area contributed by atoms with E-state index in [1.54, 1.807) is 16.4 Å². The van der Waals surface area contributed by atoms with Crippen molar-refractivity contribution >= 4 is 15.8 Å². The number of piperazine rings is 1. The molecule has 1 aromatic carbocycles. The fourth-order valence-electron chi connectivity index (χ4n) is 4.11. The van der Waals surface area contributed by atoms with Gasteiger partial charge in [0, 0.05) is 26.2 Å². The summed E-state index contributed by atoms with van der Waals surface area (Å²) in [6.07, 6.45) is 3.19. The molecular weight excluding hydrogens is 400 g/mol. The Morgan fingerprint density at radius 2 is 1.73 bits per heavy atom. The van der Waals surface area contributed by atoms with Gasteiger partial charge in [-0.1, -0.05) is 26.8 Å². The lowest BCUT2D eigenvalue weighted by Crippen LogP contribution is -2.49. The summed E-state index contributed by atoms with van der Waals surface area (Å²) in [5, 5.41) is 8.74. The lowest BCUT2D eigenvalue weighted by atomic mass is 9.87. The summed E-state index contributed by atoms with van der Waals surface area (Å²) in [4.78, 5) is 2.36. The normalized spacial score (nSPS) is 17.8. The zero-order valence-corrected chi connectivity index (χ0v) is 19.0. The van der Waals surface area contributed by atoms with E-state index in [2.05, 4.69) is 41.9 Å². The van der Waals surface area contributed by atoms with Gasteiger partial charge in [0.05, 0.1) is 12.8 Å². The van der Waals surface area contributed by atoms with Gasteiger partial charge in [0.1, 0.15) is 10.6 Å². The van der Waals surface area contributed by atoms with Gasteiger partial charge in [-0.15, -0.1) is 5.10 Å². The molecule has 0 radical (unpaired) electrons. The van der Waals surface area contributed by atoms with Crippen LogP contribution in [0.5, 0.6) is 5.75 Å². The predicted octanol–water partition coefficient (Wildman–Crippen LogP) is 2.78. The Morgan fingerprint density at radius 3 is 2.40 bits per heavy atom. The summed E-state index contributed by atoms with van der Waals surface area (Å²) in [6, 6.07) is 7.56. The fraction of sp³-hybridized carbons (Fsp3) is 0.545. The molecule has 0 spiro atoms. The molecule has 7 nitrogen and oxygen atoms in total. The summed E-state index contributed by atoms with van der Waals surface area (Å²) in [5.41, 5.74) is 3.19. The molecule has 30 heavy (non-hydrogen) atoms. The number of benzene rings is 1. The second kappa shape index (κ2) is 7.81. The number of hydrogen-bond donors (Lipinski definition) is 0. The molecule has 0 bridgehead atoms. The zero-order chi connectivity index (χ0) is 21.5.